The lowest BCUT2D eigenvalue weighted by Crippen LogP contribution is -2.32. The van der Waals surface area contributed by atoms with Gasteiger partial charge in [-0.05, 0) is 19.3 Å². The third kappa shape index (κ3) is 2.21. The third-order valence-corrected chi connectivity index (χ3v) is 3.75. The maximum Gasteiger partial charge on any atom is 0.274 e. The van der Waals surface area contributed by atoms with Gasteiger partial charge in [0.15, 0.2) is 0 Å². The monoisotopic (exact) mass is 248 g/mol. The number of carbonyl (C=O) groups is 1. The van der Waals surface area contributed by atoms with Crippen molar-refractivity contribution in [2.24, 2.45) is 0 Å². The fraction of sp³-hybridized carbons (Fsp3) is 0.692. The minimum absolute atomic E-state index is 0.0978. The molecule has 3 rings (SSSR count). The molecule has 1 N–H and O–H groups in total. The van der Waals surface area contributed by atoms with Crippen LogP contribution in [0.25, 0.3) is 0 Å². The molecule has 1 amide bonds. The van der Waals surface area contributed by atoms with E-state index in [1.54, 1.807) is 0 Å². The SMILES string of the molecule is O=C(c1cn2c(n1)NCCC2)N1CCCCCC1. The number of imidazole rings is 1. The van der Waals surface area contributed by atoms with Gasteiger partial charge in [-0.3, -0.25) is 4.79 Å². The maximum absolute atomic E-state index is 12.4. The average Bonchev–Trinajstić information content (AvgIpc) is 2.64. The van der Waals surface area contributed by atoms with Gasteiger partial charge in [-0.2, -0.15) is 0 Å². The van der Waals surface area contributed by atoms with Crippen LogP contribution in [0, 0.1) is 0 Å². The van der Waals surface area contributed by atoms with Crippen LogP contribution in [-0.4, -0.2) is 40.0 Å². The fourth-order valence-electron chi connectivity index (χ4n) is 2.72. The molecule has 0 atom stereocenters. The molecule has 1 aromatic rings. The minimum Gasteiger partial charge on any atom is -0.356 e. The zero-order chi connectivity index (χ0) is 12.4. The zero-order valence-corrected chi connectivity index (χ0v) is 10.7. The highest BCUT2D eigenvalue weighted by atomic mass is 16.2. The predicted molar refractivity (Wildman–Crippen MR) is 69.7 cm³/mol. The molecule has 3 heterocycles. The van der Waals surface area contributed by atoms with Crippen molar-refractivity contribution in [2.75, 3.05) is 25.0 Å². The molecule has 0 aliphatic carbocycles. The molecule has 0 radical (unpaired) electrons. The Morgan fingerprint density at radius 1 is 1.11 bits per heavy atom. The second kappa shape index (κ2) is 5.00. The predicted octanol–water partition coefficient (Wildman–Crippen LogP) is 1.71. The molecule has 0 unspecified atom stereocenters. The summed E-state index contributed by atoms with van der Waals surface area (Å²) in [6, 6.07) is 0. The lowest BCUT2D eigenvalue weighted by Gasteiger charge is -2.18. The highest BCUT2D eigenvalue weighted by Crippen LogP contribution is 2.17. The fourth-order valence-corrected chi connectivity index (χ4v) is 2.72. The van der Waals surface area contributed by atoms with Crippen molar-refractivity contribution >= 4 is 11.9 Å². The number of nitrogens with zero attached hydrogens (tertiary/aromatic N) is 3. The molecule has 0 saturated carbocycles. The summed E-state index contributed by atoms with van der Waals surface area (Å²) >= 11 is 0. The Bertz CT molecular complexity index is 409. The number of likely N-dealkylation sites (tertiary alicyclic amines) is 1. The minimum atomic E-state index is 0.0978. The van der Waals surface area contributed by atoms with Gasteiger partial charge in [-0.15, -0.1) is 0 Å². The van der Waals surface area contributed by atoms with Crippen molar-refractivity contribution < 1.29 is 4.79 Å². The molecule has 1 saturated heterocycles. The van der Waals surface area contributed by atoms with Gasteiger partial charge in [-0.25, -0.2) is 4.98 Å². The molecule has 1 aromatic heterocycles. The Morgan fingerprint density at radius 3 is 2.61 bits per heavy atom. The van der Waals surface area contributed by atoms with E-state index in [1.807, 2.05) is 11.1 Å². The third-order valence-electron chi connectivity index (χ3n) is 3.75. The van der Waals surface area contributed by atoms with E-state index in [0.717, 1.165) is 51.4 Å². The molecule has 18 heavy (non-hydrogen) atoms. The second-order valence-electron chi connectivity index (χ2n) is 5.13. The molecule has 5 nitrogen and oxygen atoms in total. The van der Waals surface area contributed by atoms with E-state index < -0.39 is 0 Å². The van der Waals surface area contributed by atoms with Crippen LogP contribution in [0.2, 0.25) is 0 Å². The lowest BCUT2D eigenvalue weighted by molar-refractivity contribution is 0.0756. The topological polar surface area (TPSA) is 50.2 Å². The largest absolute Gasteiger partial charge is 0.356 e. The summed E-state index contributed by atoms with van der Waals surface area (Å²) in [6.45, 7) is 3.68. The van der Waals surface area contributed by atoms with Crippen LogP contribution in [0.3, 0.4) is 0 Å². The number of rotatable bonds is 1. The molecule has 0 spiro atoms. The summed E-state index contributed by atoms with van der Waals surface area (Å²) in [7, 11) is 0. The lowest BCUT2D eigenvalue weighted by atomic mass is 10.2. The van der Waals surface area contributed by atoms with Crippen molar-refractivity contribution in [3.8, 4) is 0 Å². The highest BCUT2D eigenvalue weighted by molar-refractivity contribution is 5.92. The summed E-state index contributed by atoms with van der Waals surface area (Å²) in [5.41, 5.74) is 0.598. The van der Waals surface area contributed by atoms with Gasteiger partial charge in [-0.1, -0.05) is 12.8 Å². The van der Waals surface area contributed by atoms with Gasteiger partial charge in [0.1, 0.15) is 5.69 Å². The molecule has 0 aromatic carbocycles. The van der Waals surface area contributed by atoms with Crippen LogP contribution < -0.4 is 5.32 Å². The van der Waals surface area contributed by atoms with Gasteiger partial charge in [0, 0.05) is 32.4 Å². The molecule has 1 fully saturated rings. The number of fused-ring (bicyclic) bond motifs is 1. The molecule has 5 heteroatoms. The van der Waals surface area contributed by atoms with E-state index in [9.17, 15) is 4.79 Å². The first-order valence-electron chi connectivity index (χ1n) is 6.95. The summed E-state index contributed by atoms with van der Waals surface area (Å²) in [6.07, 6.45) is 7.72. The molecule has 2 aliphatic rings. The molecular weight excluding hydrogens is 228 g/mol. The maximum atomic E-state index is 12.4. The molecule has 2 aliphatic heterocycles. The first-order chi connectivity index (χ1) is 8.84. The van der Waals surface area contributed by atoms with E-state index in [1.165, 1.54) is 12.8 Å². The summed E-state index contributed by atoms with van der Waals surface area (Å²) in [5, 5.41) is 3.23. The van der Waals surface area contributed by atoms with Crippen LogP contribution in [0.5, 0.6) is 0 Å². The number of hydrogen-bond acceptors (Lipinski definition) is 3. The standard InChI is InChI=1S/C13H20N4O/c18-12(16-7-3-1-2-4-8-16)11-10-17-9-5-6-14-13(17)15-11/h10H,1-9H2,(H,14,15). The normalized spacial score (nSPS) is 19.9. The van der Waals surface area contributed by atoms with E-state index >= 15 is 0 Å². The summed E-state index contributed by atoms with van der Waals surface area (Å²) in [5.74, 6) is 0.944. The zero-order valence-electron chi connectivity index (χ0n) is 10.7. The number of anilines is 1. The first kappa shape index (κ1) is 11.6. The Balaban J connectivity index is 1.76. The smallest absolute Gasteiger partial charge is 0.274 e. The summed E-state index contributed by atoms with van der Waals surface area (Å²) < 4.78 is 2.05. The summed E-state index contributed by atoms with van der Waals surface area (Å²) in [4.78, 5) is 18.8. The van der Waals surface area contributed by atoms with Gasteiger partial charge in [0.25, 0.3) is 5.91 Å². The number of amides is 1. The Labute approximate surface area is 107 Å². The van der Waals surface area contributed by atoms with Crippen molar-refractivity contribution in [1.29, 1.82) is 0 Å². The van der Waals surface area contributed by atoms with Crippen LogP contribution in [-0.2, 0) is 6.54 Å². The Morgan fingerprint density at radius 2 is 1.89 bits per heavy atom. The van der Waals surface area contributed by atoms with Crippen molar-refractivity contribution in [3.05, 3.63) is 11.9 Å². The van der Waals surface area contributed by atoms with Crippen LogP contribution >= 0.6 is 0 Å². The van der Waals surface area contributed by atoms with Crippen molar-refractivity contribution in [2.45, 2.75) is 38.6 Å². The van der Waals surface area contributed by atoms with Crippen molar-refractivity contribution in [3.63, 3.8) is 0 Å². The van der Waals surface area contributed by atoms with E-state index in [2.05, 4.69) is 14.9 Å². The van der Waals surface area contributed by atoms with E-state index in [4.69, 9.17) is 0 Å². The van der Waals surface area contributed by atoms with Crippen LogP contribution in [0.4, 0.5) is 5.95 Å². The van der Waals surface area contributed by atoms with Gasteiger partial charge in [0.2, 0.25) is 5.95 Å². The molecule has 98 valence electrons. The first-order valence-corrected chi connectivity index (χ1v) is 6.95. The number of carbonyl (C=O) groups excluding carboxylic acids is 1. The van der Waals surface area contributed by atoms with Crippen molar-refractivity contribution in [1.82, 2.24) is 14.5 Å². The second-order valence-corrected chi connectivity index (χ2v) is 5.13. The number of nitrogens with one attached hydrogen (secondary N) is 1. The molecule has 0 bridgehead atoms. The average molecular weight is 248 g/mol. The highest BCUT2D eigenvalue weighted by Gasteiger charge is 2.22. The number of aromatic nitrogens is 2. The Hall–Kier alpha value is -1.52. The van der Waals surface area contributed by atoms with Crippen LogP contribution in [0.15, 0.2) is 6.20 Å². The van der Waals surface area contributed by atoms with Gasteiger partial charge >= 0.3 is 0 Å². The number of aryl methyl sites for hydroxylation is 1. The molecular formula is C13H20N4O. The van der Waals surface area contributed by atoms with Gasteiger partial charge in [0.05, 0.1) is 0 Å². The van der Waals surface area contributed by atoms with Crippen LogP contribution in [0.1, 0.15) is 42.6 Å². The number of hydrogen-bond donors (Lipinski definition) is 1. The quantitative estimate of drug-likeness (QED) is 0.823. The van der Waals surface area contributed by atoms with E-state index in [0.29, 0.717) is 5.69 Å². The Kier molecular flexibility index (Phi) is 3.21. The van der Waals surface area contributed by atoms with E-state index in [-0.39, 0.29) is 5.91 Å². The van der Waals surface area contributed by atoms with Gasteiger partial charge < -0.3 is 14.8 Å².